The van der Waals surface area contributed by atoms with Crippen LogP contribution in [-0.2, 0) is 4.79 Å². The molecule has 4 aliphatic carbocycles. The number of aliphatic hydroxyl groups excluding tert-OH is 1. The Hall–Kier alpha value is -2.31. The number of ketones is 1. The van der Waals surface area contributed by atoms with E-state index in [-0.39, 0.29) is 11.5 Å². The minimum atomic E-state index is -0.180. The maximum atomic E-state index is 12.1. The number of benzene rings is 1. The normalized spacial score (nSPS) is 33.7. The fourth-order valence-corrected chi connectivity index (χ4v) is 7.82. The lowest BCUT2D eigenvalue weighted by atomic mass is 9.53. The summed E-state index contributed by atoms with van der Waals surface area (Å²) < 4.78 is 0. The van der Waals surface area contributed by atoms with E-state index in [1.54, 1.807) is 5.57 Å². The lowest BCUT2D eigenvalue weighted by Crippen LogP contribution is -2.45. The average Bonchev–Trinajstić information content (AvgIpc) is 3.52. The van der Waals surface area contributed by atoms with Gasteiger partial charge in [-0.15, -0.1) is 12.3 Å². The van der Waals surface area contributed by atoms with Gasteiger partial charge in [-0.1, -0.05) is 31.6 Å². The van der Waals surface area contributed by atoms with E-state index in [1.807, 2.05) is 13.0 Å². The SMILES string of the molecule is C#CCC.CC12CC(c3ccc(N4CCCC4)cc3)C3=C4CCC(=O)C=C4CCC3C1CCC2O. The molecule has 1 aromatic carbocycles. The molecule has 0 bridgehead atoms. The van der Waals surface area contributed by atoms with Crippen molar-refractivity contribution in [1.82, 2.24) is 0 Å². The molecule has 0 spiro atoms. The molecule has 35 heavy (non-hydrogen) atoms. The van der Waals surface area contributed by atoms with Crippen LogP contribution >= 0.6 is 0 Å². The Morgan fingerprint density at radius 3 is 2.49 bits per heavy atom. The predicted molar refractivity (Wildman–Crippen MR) is 143 cm³/mol. The molecule has 1 N–H and O–H groups in total. The molecule has 3 nitrogen and oxygen atoms in total. The minimum Gasteiger partial charge on any atom is -0.393 e. The second kappa shape index (κ2) is 9.98. The monoisotopic (exact) mass is 471 g/mol. The molecule has 6 rings (SSSR count). The van der Waals surface area contributed by atoms with E-state index in [0.717, 1.165) is 44.9 Å². The fraction of sp³-hybridized carbons (Fsp3) is 0.594. The van der Waals surface area contributed by atoms with Gasteiger partial charge in [0.1, 0.15) is 0 Å². The van der Waals surface area contributed by atoms with Crippen LogP contribution in [0.25, 0.3) is 0 Å². The van der Waals surface area contributed by atoms with Gasteiger partial charge in [-0.05, 0) is 104 Å². The van der Waals surface area contributed by atoms with Gasteiger partial charge in [0.25, 0.3) is 0 Å². The molecular formula is C32H41NO2. The highest BCUT2D eigenvalue weighted by molar-refractivity contribution is 5.93. The fourth-order valence-electron chi connectivity index (χ4n) is 7.82. The first-order chi connectivity index (χ1) is 17.0. The van der Waals surface area contributed by atoms with Gasteiger partial charge in [0.05, 0.1) is 6.10 Å². The van der Waals surface area contributed by atoms with E-state index in [2.05, 4.69) is 42.0 Å². The smallest absolute Gasteiger partial charge is 0.156 e. The summed E-state index contributed by atoms with van der Waals surface area (Å²) in [5, 5.41) is 11.0. The molecular weight excluding hydrogens is 430 g/mol. The topological polar surface area (TPSA) is 40.5 Å². The first-order valence-electron chi connectivity index (χ1n) is 13.9. The molecule has 3 heteroatoms. The van der Waals surface area contributed by atoms with Crippen molar-refractivity contribution in [3.8, 4) is 12.3 Å². The van der Waals surface area contributed by atoms with E-state index in [4.69, 9.17) is 6.42 Å². The number of fused-ring (bicyclic) bond motifs is 4. The van der Waals surface area contributed by atoms with Gasteiger partial charge in [-0.2, -0.15) is 0 Å². The first-order valence-corrected chi connectivity index (χ1v) is 13.9. The molecule has 0 amide bonds. The number of rotatable bonds is 2. The van der Waals surface area contributed by atoms with Gasteiger partial charge >= 0.3 is 0 Å². The number of hydrogen-bond donors (Lipinski definition) is 1. The Morgan fingerprint density at radius 1 is 1.09 bits per heavy atom. The summed E-state index contributed by atoms with van der Waals surface area (Å²) in [4.78, 5) is 14.6. The van der Waals surface area contributed by atoms with E-state index in [0.29, 0.717) is 30.0 Å². The van der Waals surface area contributed by atoms with Crippen LogP contribution in [0.4, 0.5) is 5.69 Å². The van der Waals surface area contributed by atoms with Gasteiger partial charge < -0.3 is 10.0 Å². The zero-order chi connectivity index (χ0) is 24.6. The molecule has 3 fully saturated rings. The molecule has 1 aliphatic heterocycles. The van der Waals surface area contributed by atoms with Crippen molar-refractivity contribution in [2.75, 3.05) is 18.0 Å². The van der Waals surface area contributed by atoms with Gasteiger partial charge in [-0.3, -0.25) is 4.79 Å². The molecule has 5 atom stereocenters. The van der Waals surface area contributed by atoms with Crippen LogP contribution in [0, 0.1) is 29.6 Å². The largest absolute Gasteiger partial charge is 0.393 e. The molecule has 0 aromatic heterocycles. The summed E-state index contributed by atoms with van der Waals surface area (Å²) in [5.41, 5.74) is 7.24. The van der Waals surface area contributed by atoms with Gasteiger partial charge in [-0.25, -0.2) is 0 Å². The highest BCUT2D eigenvalue weighted by Crippen LogP contribution is 2.63. The third kappa shape index (κ3) is 4.40. The molecule has 1 heterocycles. The number of nitrogens with zero attached hydrogens (tertiary/aromatic N) is 1. The van der Waals surface area contributed by atoms with Crippen LogP contribution in [0.3, 0.4) is 0 Å². The number of carbonyl (C=O) groups excluding carboxylic acids is 1. The first kappa shape index (κ1) is 24.4. The van der Waals surface area contributed by atoms with Crippen molar-refractivity contribution in [2.24, 2.45) is 17.3 Å². The molecule has 1 saturated heterocycles. The summed E-state index contributed by atoms with van der Waals surface area (Å²) in [5.74, 6) is 4.27. The Labute approximate surface area is 211 Å². The van der Waals surface area contributed by atoms with Crippen molar-refractivity contribution in [3.05, 3.63) is 52.6 Å². The zero-order valence-corrected chi connectivity index (χ0v) is 21.6. The second-order valence-corrected chi connectivity index (χ2v) is 11.5. The number of aliphatic hydroxyl groups is 1. The highest BCUT2D eigenvalue weighted by Gasteiger charge is 2.56. The quantitative estimate of drug-likeness (QED) is 0.496. The molecule has 5 aliphatic rings. The van der Waals surface area contributed by atoms with Crippen LogP contribution in [0.15, 0.2) is 47.1 Å². The van der Waals surface area contributed by atoms with Crippen molar-refractivity contribution < 1.29 is 9.90 Å². The van der Waals surface area contributed by atoms with Gasteiger partial charge in [0.2, 0.25) is 0 Å². The summed E-state index contributed by atoms with van der Waals surface area (Å²) in [6.45, 7) is 6.65. The van der Waals surface area contributed by atoms with Crippen molar-refractivity contribution in [3.63, 3.8) is 0 Å². The Morgan fingerprint density at radius 2 is 1.80 bits per heavy atom. The Bertz CT molecular complexity index is 1050. The van der Waals surface area contributed by atoms with Crippen molar-refractivity contribution >= 4 is 11.5 Å². The highest BCUT2D eigenvalue weighted by atomic mass is 16.3. The lowest BCUT2D eigenvalue weighted by molar-refractivity contribution is -0.114. The summed E-state index contributed by atoms with van der Waals surface area (Å²) in [6.07, 6.45) is 16.9. The second-order valence-electron chi connectivity index (χ2n) is 11.5. The molecule has 2 saturated carbocycles. The Balaban J connectivity index is 0.000000591. The predicted octanol–water partition coefficient (Wildman–Crippen LogP) is 6.58. The number of allylic oxidation sites excluding steroid dienone is 4. The van der Waals surface area contributed by atoms with E-state index in [1.165, 1.54) is 48.3 Å². The molecule has 186 valence electrons. The van der Waals surface area contributed by atoms with Crippen LogP contribution in [-0.4, -0.2) is 30.1 Å². The summed E-state index contributed by atoms with van der Waals surface area (Å²) in [6, 6.07) is 9.37. The maximum absolute atomic E-state index is 12.1. The van der Waals surface area contributed by atoms with E-state index in [9.17, 15) is 9.90 Å². The maximum Gasteiger partial charge on any atom is 0.156 e. The van der Waals surface area contributed by atoms with Crippen LogP contribution in [0.2, 0.25) is 0 Å². The van der Waals surface area contributed by atoms with Crippen molar-refractivity contribution in [2.45, 2.75) is 90.1 Å². The average molecular weight is 472 g/mol. The zero-order valence-electron chi connectivity index (χ0n) is 21.6. The van der Waals surface area contributed by atoms with E-state index < -0.39 is 0 Å². The molecule has 5 unspecified atom stereocenters. The number of anilines is 1. The van der Waals surface area contributed by atoms with Gasteiger partial charge in [0.15, 0.2) is 5.78 Å². The van der Waals surface area contributed by atoms with Crippen molar-refractivity contribution in [1.29, 1.82) is 0 Å². The molecule has 1 aromatic rings. The van der Waals surface area contributed by atoms with Crippen LogP contribution < -0.4 is 4.90 Å². The third-order valence-corrected chi connectivity index (χ3v) is 9.65. The number of hydrogen-bond acceptors (Lipinski definition) is 3. The summed E-state index contributed by atoms with van der Waals surface area (Å²) >= 11 is 0. The lowest BCUT2D eigenvalue weighted by Gasteiger charge is -2.52. The number of terminal acetylenes is 1. The van der Waals surface area contributed by atoms with Crippen LogP contribution in [0.1, 0.15) is 89.5 Å². The summed E-state index contributed by atoms with van der Waals surface area (Å²) in [7, 11) is 0. The minimum absolute atomic E-state index is 0.0126. The number of carbonyl (C=O) groups is 1. The third-order valence-electron chi connectivity index (χ3n) is 9.65. The Kier molecular flexibility index (Phi) is 6.95. The van der Waals surface area contributed by atoms with E-state index >= 15 is 0 Å². The molecule has 0 radical (unpaired) electrons. The van der Waals surface area contributed by atoms with Crippen LogP contribution in [0.5, 0.6) is 0 Å². The van der Waals surface area contributed by atoms with Gasteiger partial charge in [0, 0.05) is 37.5 Å². The standard InChI is InChI=1S/C28H35NO2.C4H6/c1-28-17-24(18-4-7-20(8-5-18)29-14-2-3-15-29)27-22-11-9-21(30)16-19(22)6-10-23(27)25(28)12-13-26(28)31;1-3-4-2/h4-5,7-8,16,23-26,31H,2-3,6,9-15,17H2,1H3;1H,4H2,2H3.